The largest absolute Gasteiger partial charge is 0.456 e. The monoisotopic (exact) mass is 391 g/mol. The number of amides is 1. The van der Waals surface area contributed by atoms with Gasteiger partial charge in [0.05, 0.1) is 6.42 Å². The second-order valence-corrected chi connectivity index (χ2v) is 6.68. The van der Waals surface area contributed by atoms with Crippen molar-refractivity contribution in [3.63, 3.8) is 0 Å². The third-order valence-electron chi connectivity index (χ3n) is 3.46. The molecule has 0 bridgehead atoms. The molecule has 1 N–H and O–H groups in total. The molecule has 0 saturated heterocycles. The van der Waals surface area contributed by atoms with Gasteiger partial charge >= 0.3 is 5.97 Å². The SMILES string of the molecule is CSc1ccc(C(=O)CCC(=O)OCC(=O)Nc2ccc(Cl)cc2)cc1. The first-order chi connectivity index (χ1) is 12.5. The molecule has 0 aliphatic heterocycles. The van der Waals surface area contributed by atoms with E-state index in [0.29, 0.717) is 16.3 Å². The molecule has 0 aromatic heterocycles. The smallest absolute Gasteiger partial charge is 0.306 e. The highest BCUT2D eigenvalue weighted by molar-refractivity contribution is 7.98. The number of hydrogen-bond acceptors (Lipinski definition) is 5. The normalized spacial score (nSPS) is 10.2. The summed E-state index contributed by atoms with van der Waals surface area (Å²) in [6.45, 7) is -0.405. The number of ketones is 1. The van der Waals surface area contributed by atoms with Crippen molar-refractivity contribution in [3.8, 4) is 0 Å². The van der Waals surface area contributed by atoms with Gasteiger partial charge in [-0.05, 0) is 42.7 Å². The number of Topliss-reactive ketones (excluding diaryl/α,β-unsaturated/α-hetero) is 1. The fourth-order valence-corrected chi connectivity index (χ4v) is 2.62. The van der Waals surface area contributed by atoms with Crippen molar-refractivity contribution in [3.05, 3.63) is 59.1 Å². The number of nitrogens with one attached hydrogen (secondary N) is 1. The van der Waals surface area contributed by atoms with Crippen LogP contribution in [0.5, 0.6) is 0 Å². The van der Waals surface area contributed by atoms with E-state index in [4.69, 9.17) is 16.3 Å². The molecule has 0 fully saturated rings. The van der Waals surface area contributed by atoms with E-state index in [0.717, 1.165) is 4.90 Å². The molecule has 2 aromatic rings. The summed E-state index contributed by atoms with van der Waals surface area (Å²) in [5.74, 6) is -1.19. The van der Waals surface area contributed by atoms with E-state index in [9.17, 15) is 14.4 Å². The van der Waals surface area contributed by atoms with Gasteiger partial charge in [-0.3, -0.25) is 14.4 Å². The third kappa shape index (κ3) is 6.54. The molecular formula is C19H18ClNO4S. The molecule has 26 heavy (non-hydrogen) atoms. The van der Waals surface area contributed by atoms with Crippen LogP contribution in [0.4, 0.5) is 5.69 Å². The molecule has 0 unspecified atom stereocenters. The van der Waals surface area contributed by atoms with Crippen LogP contribution >= 0.6 is 23.4 Å². The van der Waals surface area contributed by atoms with E-state index in [2.05, 4.69) is 5.32 Å². The predicted octanol–water partition coefficient (Wildman–Crippen LogP) is 4.21. The average molecular weight is 392 g/mol. The summed E-state index contributed by atoms with van der Waals surface area (Å²) in [4.78, 5) is 36.6. The number of benzene rings is 2. The van der Waals surface area contributed by atoms with Crippen molar-refractivity contribution in [2.24, 2.45) is 0 Å². The zero-order chi connectivity index (χ0) is 18.9. The summed E-state index contributed by atoms with van der Waals surface area (Å²) in [5.41, 5.74) is 1.11. The highest BCUT2D eigenvalue weighted by Crippen LogP contribution is 2.16. The van der Waals surface area contributed by atoms with Crippen LogP contribution in [0.25, 0.3) is 0 Å². The molecule has 7 heteroatoms. The highest BCUT2D eigenvalue weighted by atomic mass is 35.5. The first-order valence-electron chi connectivity index (χ1n) is 7.86. The van der Waals surface area contributed by atoms with Crippen LogP contribution in [0.2, 0.25) is 5.02 Å². The van der Waals surface area contributed by atoms with Gasteiger partial charge in [0.2, 0.25) is 0 Å². The Bertz CT molecular complexity index is 775. The van der Waals surface area contributed by atoms with Crippen molar-refractivity contribution in [1.29, 1.82) is 0 Å². The van der Waals surface area contributed by atoms with Crippen molar-refractivity contribution in [1.82, 2.24) is 0 Å². The molecule has 0 aliphatic rings. The molecular weight excluding hydrogens is 374 g/mol. The summed E-state index contributed by atoms with van der Waals surface area (Å²) in [5, 5.41) is 3.14. The lowest BCUT2D eigenvalue weighted by atomic mass is 10.1. The van der Waals surface area contributed by atoms with Gasteiger partial charge in [-0.2, -0.15) is 0 Å². The second kappa shape index (κ2) is 9.99. The number of hydrogen-bond donors (Lipinski definition) is 1. The van der Waals surface area contributed by atoms with Gasteiger partial charge in [0.15, 0.2) is 12.4 Å². The number of ether oxygens (including phenoxy) is 1. The lowest BCUT2D eigenvalue weighted by Crippen LogP contribution is -2.21. The molecule has 0 aliphatic carbocycles. The van der Waals surface area contributed by atoms with E-state index in [1.165, 1.54) is 0 Å². The summed E-state index contributed by atoms with van der Waals surface area (Å²) in [7, 11) is 0. The van der Waals surface area contributed by atoms with E-state index >= 15 is 0 Å². The highest BCUT2D eigenvalue weighted by Gasteiger charge is 2.12. The predicted molar refractivity (Wildman–Crippen MR) is 103 cm³/mol. The molecule has 0 atom stereocenters. The molecule has 0 saturated carbocycles. The third-order valence-corrected chi connectivity index (χ3v) is 4.46. The van der Waals surface area contributed by atoms with Crippen molar-refractivity contribution in [2.75, 3.05) is 18.2 Å². The maximum Gasteiger partial charge on any atom is 0.306 e. The number of thioether (sulfide) groups is 1. The molecule has 5 nitrogen and oxygen atoms in total. The maximum absolute atomic E-state index is 12.1. The van der Waals surface area contributed by atoms with E-state index in [-0.39, 0.29) is 18.6 Å². The van der Waals surface area contributed by atoms with Gasteiger partial charge in [0, 0.05) is 27.6 Å². The number of anilines is 1. The van der Waals surface area contributed by atoms with Gasteiger partial charge < -0.3 is 10.1 Å². The van der Waals surface area contributed by atoms with Gasteiger partial charge in [0.1, 0.15) is 0 Å². The van der Waals surface area contributed by atoms with Gasteiger partial charge in [-0.15, -0.1) is 11.8 Å². The fraction of sp³-hybridized carbons (Fsp3) is 0.211. The average Bonchev–Trinajstić information content (AvgIpc) is 2.66. The Morgan fingerprint density at radius 2 is 1.65 bits per heavy atom. The molecule has 136 valence electrons. The standard InChI is InChI=1S/C19H18ClNO4S/c1-26-16-8-2-13(3-9-16)17(22)10-11-19(24)25-12-18(23)21-15-6-4-14(20)5-7-15/h2-9H,10-12H2,1H3,(H,21,23). The maximum atomic E-state index is 12.1. The van der Waals surface area contributed by atoms with Crippen molar-refractivity contribution >= 4 is 46.7 Å². The molecule has 2 aromatic carbocycles. The van der Waals surface area contributed by atoms with Gasteiger partial charge in [-0.1, -0.05) is 23.7 Å². The Hall–Kier alpha value is -2.31. The number of halogens is 1. The Labute approximate surface area is 161 Å². The molecule has 0 heterocycles. The van der Waals surface area contributed by atoms with Crippen LogP contribution in [0.1, 0.15) is 23.2 Å². The van der Waals surface area contributed by atoms with Crippen LogP contribution in [-0.2, 0) is 14.3 Å². The minimum Gasteiger partial charge on any atom is -0.456 e. The lowest BCUT2D eigenvalue weighted by Gasteiger charge is -2.07. The lowest BCUT2D eigenvalue weighted by molar-refractivity contribution is -0.147. The number of carbonyl (C=O) groups is 3. The van der Waals surface area contributed by atoms with Crippen molar-refractivity contribution in [2.45, 2.75) is 17.7 Å². The van der Waals surface area contributed by atoms with Gasteiger partial charge in [0.25, 0.3) is 5.91 Å². The van der Waals surface area contributed by atoms with Crippen LogP contribution in [0, 0.1) is 0 Å². The van der Waals surface area contributed by atoms with Crippen LogP contribution in [0.15, 0.2) is 53.4 Å². The zero-order valence-electron chi connectivity index (χ0n) is 14.2. The topological polar surface area (TPSA) is 72.5 Å². The molecule has 2 rings (SSSR count). The molecule has 0 spiro atoms. The first-order valence-corrected chi connectivity index (χ1v) is 9.46. The fourth-order valence-electron chi connectivity index (χ4n) is 2.09. The van der Waals surface area contributed by atoms with E-state index in [1.54, 1.807) is 48.2 Å². The van der Waals surface area contributed by atoms with Crippen LogP contribution in [-0.4, -0.2) is 30.5 Å². The first kappa shape index (κ1) is 20.0. The molecule has 1 amide bonds. The molecule has 0 radical (unpaired) electrons. The summed E-state index contributed by atoms with van der Waals surface area (Å²) < 4.78 is 4.89. The van der Waals surface area contributed by atoms with Crippen LogP contribution < -0.4 is 5.32 Å². The van der Waals surface area contributed by atoms with Crippen molar-refractivity contribution < 1.29 is 19.1 Å². The summed E-state index contributed by atoms with van der Waals surface area (Å²) >= 11 is 7.35. The quantitative estimate of drug-likeness (QED) is 0.414. The number of rotatable bonds is 8. The minimum atomic E-state index is -0.592. The Morgan fingerprint density at radius 1 is 1.00 bits per heavy atom. The summed E-state index contributed by atoms with van der Waals surface area (Å²) in [6, 6.07) is 13.7. The Morgan fingerprint density at radius 3 is 2.27 bits per heavy atom. The summed E-state index contributed by atoms with van der Waals surface area (Å²) in [6.07, 6.45) is 1.92. The zero-order valence-corrected chi connectivity index (χ0v) is 15.7. The second-order valence-electron chi connectivity index (χ2n) is 5.37. The Kier molecular flexibility index (Phi) is 7.69. The number of carbonyl (C=O) groups excluding carboxylic acids is 3. The van der Waals surface area contributed by atoms with E-state index in [1.807, 2.05) is 18.4 Å². The van der Waals surface area contributed by atoms with Gasteiger partial charge in [-0.25, -0.2) is 0 Å². The number of esters is 1. The Balaban J connectivity index is 1.71. The minimum absolute atomic E-state index is 0.0379. The van der Waals surface area contributed by atoms with Crippen LogP contribution in [0.3, 0.4) is 0 Å². The van der Waals surface area contributed by atoms with E-state index < -0.39 is 18.5 Å².